The molecular weight excluding hydrogens is 288 g/mol. The number of para-hydroxylation sites is 1. The van der Waals surface area contributed by atoms with Crippen LogP contribution in [0.2, 0.25) is 0 Å². The monoisotopic (exact) mass is 300 g/mol. The Balaban J connectivity index is 2.77. The topological polar surface area (TPSA) is 63.6 Å². The van der Waals surface area contributed by atoms with Gasteiger partial charge < -0.3 is 9.84 Å². The van der Waals surface area contributed by atoms with Gasteiger partial charge in [0, 0.05) is 0 Å². The molecule has 0 aliphatic heterocycles. The maximum absolute atomic E-state index is 11.6. The van der Waals surface area contributed by atoms with Crippen LogP contribution < -0.4 is 4.74 Å². The zero-order chi connectivity index (χ0) is 12.8. The summed E-state index contributed by atoms with van der Waals surface area (Å²) in [5, 5.41) is 8.94. The van der Waals surface area contributed by atoms with Crippen molar-refractivity contribution in [3.8, 4) is 5.75 Å². The lowest BCUT2D eigenvalue weighted by Crippen LogP contribution is -2.18. The van der Waals surface area contributed by atoms with Gasteiger partial charge in [0.25, 0.3) is 0 Å². The van der Waals surface area contributed by atoms with Crippen LogP contribution in [0.1, 0.15) is 17.3 Å². The number of carboxylic acids is 1. The van der Waals surface area contributed by atoms with Gasteiger partial charge in [0.2, 0.25) is 0 Å². The van der Waals surface area contributed by atoms with Crippen LogP contribution in [0.4, 0.5) is 0 Å². The molecule has 0 fully saturated rings. The summed E-state index contributed by atoms with van der Waals surface area (Å²) in [4.78, 5) is 22.2. The summed E-state index contributed by atoms with van der Waals surface area (Å²) in [6.45, 7) is 1.60. The second kappa shape index (κ2) is 6.39. The van der Waals surface area contributed by atoms with Crippen LogP contribution in [-0.2, 0) is 4.79 Å². The summed E-state index contributed by atoms with van der Waals surface area (Å²) >= 11 is 3.09. The molecule has 1 atom stereocenters. The van der Waals surface area contributed by atoms with Crippen LogP contribution in [0.5, 0.6) is 5.75 Å². The number of Topliss-reactive ketones (excluding diaryl/α,β-unsaturated/α-hetero) is 1. The molecule has 5 heteroatoms. The maximum atomic E-state index is 11.6. The van der Waals surface area contributed by atoms with Crippen LogP contribution in [0.15, 0.2) is 24.3 Å². The summed E-state index contributed by atoms with van der Waals surface area (Å²) in [6.07, 6.45) is 0. The zero-order valence-electron chi connectivity index (χ0n) is 9.35. The first-order valence-corrected chi connectivity index (χ1v) is 6.22. The average Bonchev–Trinajstić information content (AvgIpc) is 2.35. The van der Waals surface area contributed by atoms with E-state index in [2.05, 4.69) is 15.9 Å². The molecule has 0 radical (unpaired) electrons. The third-order valence-electron chi connectivity index (χ3n) is 2.22. The van der Waals surface area contributed by atoms with Crippen molar-refractivity contribution in [3.05, 3.63) is 29.8 Å². The van der Waals surface area contributed by atoms with Gasteiger partial charge in [-0.3, -0.25) is 9.59 Å². The molecule has 0 saturated heterocycles. The lowest BCUT2D eigenvalue weighted by atomic mass is 10.1. The number of ether oxygens (including phenoxy) is 1. The van der Waals surface area contributed by atoms with Crippen molar-refractivity contribution < 1.29 is 19.4 Å². The Bertz CT molecular complexity index is 417. The molecule has 0 saturated carbocycles. The van der Waals surface area contributed by atoms with Crippen molar-refractivity contribution in [1.82, 2.24) is 0 Å². The van der Waals surface area contributed by atoms with Gasteiger partial charge in [-0.2, -0.15) is 0 Å². The molecule has 17 heavy (non-hydrogen) atoms. The molecule has 0 aliphatic rings. The molecule has 0 aliphatic carbocycles. The van der Waals surface area contributed by atoms with E-state index >= 15 is 0 Å². The van der Waals surface area contributed by atoms with Crippen molar-refractivity contribution in [2.45, 2.75) is 6.92 Å². The Morgan fingerprint density at radius 1 is 1.41 bits per heavy atom. The Morgan fingerprint density at radius 2 is 2.06 bits per heavy atom. The van der Waals surface area contributed by atoms with Gasteiger partial charge >= 0.3 is 5.97 Å². The number of rotatable bonds is 6. The lowest BCUT2D eigenvalue weighted by Gasteiger charge is -2.12. The van der Waals surface area contributed by atoms with E-state index in [4.69, 9.17) is 9.84 Å². The quantitative estimate of drug-likeness (QED) is 0.647. The van der Waals surface area contributed by atoms with Gasteiger partial charge in [-0.05, 0) is 19.1 Å². The number of halogens is 1. The van der Waals surface area contributed by atoms with Crippen LogP contribution in [0.25, 0.3) is 0 Å². The fraction of sp³-hybridized carbons (Fsp3) is 0.333. The first-order valence-electron chi connectivity index (χ1n) is 5.10. The van der Waals surface area contributed by atoms with E-state index in [1.165, 1.54) is 0 Å². The second-order valence-electron chi connectivity index (χ2n) is 3.60. The molecule has 0 bridgehead atoms. The Kier molecular flexibility index (Phi) is 5.15. The van der Waals surface area contributed by atoms with Crippen molar-refractivity contribution in [3.63, 3.8) is 0 Å². The van der Waals surface area contributed by atoms with Gasteiger partial charge in [-0.1, -0.05) is 28.1 Å². The van der Waals surface area contributed by atoms with Gasteiger partial charge in [0.05, 0.1) is 16.8 Å². The first kappa shape index (κ1) is 13.7. The minimum Gasteiger partial charge on any atom is -0.492 e. The SMILES string of the molecule is CC(COc1ccccc1C(=O)CBr)C(=O)O. The van der Waals surface area contributed by atoms with Crippen molar-refractivity contribution in [2.75, 3.05) is 11.9 Å². The number of hydrogen-bond donors (Lipinski definition) is 1. The van der Waals surface area contributed by atoms with E-state index in [9.17, 15) is 9.59 Å². The van der Waals surface area contributed by atoms with Crippen LogP contribution in [-0.4, -0.2) is 28.8 Å². The van der Waals surface area contributed by atoms with Gasteiger partial charge in [0.1, 0.15) is 12.4 Å². The number of carbonyl (C=O) groups excluding carboxylic acids is 1. The average molecular weight is 301 g/mol. The zero-order valence-corrected chi connectivity index (χ0v) is 10.9. The van der Waals surface area contributed by atoms with E-state index in [1.54, 1.807) is 31.2 Å². The molecule has 1 aromatic rings. The fourth-order valence-corrected chi connectivity index (χ4v) is 1.48. The first-order chi connectivity index (χ1) is 8.06. The van der Waals surface area contributed by atoms with Crippen LogP contribution in [0, 0.1) is 5.92 Å². The van der Waals surface area contributed by atoms with E-state index in [0.29, 0.717) is 11.3 Å². The molecule has 92 valence electrons. The summed E-state index contributed by atoms with van der Waals surface area (Å²) in [5.41, 5.74) is 0.460. The molecule has 1 rings (SSSR count). The van der Waals surface area contributed by atoms with Crippen LogP contribution in [0.3, 0.4) is 0 Å². The smallest absolute Gasteiger partial charge is 0.309 e. The number of hydrogen-bond acceptors (Lipinski definition) is 3. The highest BCUT2D eigenvalue weighted by atomic mass is 79.9. The molecule has 1 aromatic carbocycles. The van der Waals surface area contributed by atoms with E-state index in [-0.39, 0.29) is 17.7 Å². The fourth-order valence-electron chi connectivity index (χ4n) is 1.18. The maximum Gasteiger partial charge on any atom is 0.309 e. The third kappa shape index (κ3) is 3.85. The van der Waals surface area contributed by atoms with Crippen molar-refractivity contribution in [1.29, 1.82) is 0 Å². The number of carboxylic acid groups (broad SMARTS) is 1. The number of alkyl halides is 1. The predicted octanol–water partition coefficient (Wildman–Crippen LogP) is 2.36. The second-order valence-corrected chi connectivity index (χ2v) is 4.16. The lowest BCUT2D eigenvalue weighted by molar-refractivity contribution is -0.142. The number of ketones is 1. The number of carbonyl (C=O) groups is 2. The summed E-state index contributed by atoms with van der Waals surface area (Å²) in [5.74, 6) is -1.20. The predicted molar refractivity (Wildman–Crippen MR) is 66.9 cm³/mol. The molecule has 1 unspecified atom stereocenters. The minimum absolute atomic E-state index is 0.0436. The molecule has 0 amide bonds. The number of benzene rings is 1. The Morgan fingerprint density at radius 3 is 2.65 bits per heavy atom. The normalized spacial score (nSPS) is 11.9. The highest BCUT2D eigenvalue weighted by Crippen LogP contribution is 2.19. The van der Waals surface area contributed by atoms with Crippen LogP contribution >= 0.6 is 15.9 Å². The van der Waals surface area contributed by atoms with E-state index in [0.717, 1.165) is 0 Å². The highest BCUT2D eigenvalue weighted by molar-refractivity contribution is 9.09. The van der Waals surface area contributed by atoms with E-state index in [1.807, 2.05) is 0 Å². The Hall–Kier alpha value is -1.36. The molecule has 0 aromatic heterocycles. The standard InChI is InChI=1S/C12H13BrO4/c1-8(12(15)16)7-17-11-5-3-2-4-9(11)10(14)6-13/h2-5,8H,6-7H2,1H3,(H,15,16). The molecule has 0 spiro atoms. The molecular formula is C12H13BrO4. The molecule has 4 nitrogen and oxygen atoms in total. The van der Waals surface area contributed by atoms with Crippen molar-refractivity contribution in [2.24, 2.45) is 5.92 Å². The largest absolute Gasteiger partial charge is 0.492 e. The third-order valence-corrected chi connectivity index (χ3v) is 2.73. The van der Waals surface area contributed by atoms with E-state index < -0.39 is 11.9 Å². The van der Waals surface area contributed by atoms with Gasteiger partial charge in [-0.15, -0.1) is 0 Å². The Labute approximate surface area is 108 Å². The summed E-state index contributed by atoms with van der Waals surface area (Å²) < 4.78 is 5.36. The molecule has 0 heterocycles. The summed E-state index contributed by atoms with van der Waals surface area (Å²) in [6, 6.07) is 6.80. The van der Waals surface area contributed by atoms with Crippen molar-refractivity contribution >= 4 is 27.7 Å². The summed E-state index contributed by atoms with van der Waals surface area (Å²) in [7, 11) is 0. The van der Waals surface area contributed by atoms with Gasteiger partial charge in [-0.25, -0.2) is 0 Å². The minimum atomic E-state index is -0.922. The molecule has 1 N–H and O–H groups in total. The van der Waals surface area contributed by atoms with Gasteiger partial charge in [0.15, 0.2) is 5.78 Å². The number of aliphatic carboxylic acids is 1. The highest BCUT2D eigenvalue weighted by Gasteiger charge is 2.15.